The molecule has 19 heavy (non-hydrogen) atoms. The minimum Gasteiger partial charge on any atom is -0.478 e. The van der Waals surface area contributed by atoms with E-state index in [0.29, 0.717) is 5.92 Å². The first-order valence-electron chi connectivity index (χ1n) is 7.30. The summed E-state index contributed by atoms with van der Waals surface area (Å²) in [6.07, 6.45) is 3.35. The standard InChI is InChI=1S/C17H25NO/c1-5-15(11-14-9-7-6-8-10-14)16-18-17(3,4)12-13(2)19-16/h6-10,13,15H,5,11-12H2,1-4H3/t13-,15+/m0/s1. The van der Waals surface area contributed by atoms with Crippen LogP contribution in [0, 0.1) is 5.92 Å². The second-order valence-electron chi connectivity index (χ2n) is 6.19. The van der Waals surface area contributed by atoms with Gasteiger partial charge in [0.25, 0.3) is 0 Å². The Morgan fingerprint density at radius 1 is 1.32 bits per heavy atom. The molecule has 1 aliphatic heterocycles. The largest absolute Gasteiger partial charge is 0.478 e. The van der Waals surface area contributed by atoms with Gasteiger partial charge in [0.2, 0.25) is 0 Å². The fourth-order valence-corrected chi connectivity index (χ4v) is 2.81. The van der Waals surface area contributed by atoms with Gasteiger partial charge in [-0.15, -0.1) is 0 Å². The van der Waals surface area contributed by atoms with Gasteiger partial charge in [-0.05, 0) is 39.2 Å². The van der Waals surface area contributed by atoms with Gasteiger partial charge in [0.15, 0.2) is 5.90 Å². The maximum atomic E-state index is 6.00. The first kappa shape index (κ1) is 14.1. The fourth-order valence-electron chi connectivity index (χ4n) is 2.81. The zero-order valence-electron chi connectivity index (χ0n) is 12.5. The molecule has 104 valence electrons. The minimum absolute atomic E-state index is 0.0110. The van der Waals surface area contributed by atoms with Gasteiger partial charge in [-0.25, -0.2) is 4.99 Å². The summed E-state index contributed by atoms with van der Waals surface area (Å²) in [6, 6.07) is 10.6. The Morgan fingerprint density at radius 3 is 2.58 bits per heavy atom. The minimum atomic E-state index is 0.0110. The van der Waals surface area contributed by atoms with Gasteiger partial charge < -0.3 is 4.74 Å². The molecule has 0 bridgehead atoms. The molecule has 1 heterocycles. The molecule has 1 aliphatic rings. The quantitative estimate of drug-likeness (QED) is 0.792. The van der Waals surface area contributed by atoms with E-state index in [-0.39, 0.29) is 11.6 Å². The Hall–Kier alpha value is -1.31. The average molecular weight is 259 g/mol. The van der Waals surface area contributed by atoms with Crippen molar-refractivity contribution in [2.45, 2.75) is 58.6 Å². The lowest BCUT2D eigenvalue weighted by molar-refractivity contribution is 0.130. The van der Waals surface area contributed by atoms with Crippen LogP contribution >= 0.6 is 0 Å². The lowest BCUT2D eigenvalue weighted by atomic mass is 9.92. The molecule has 0 aromatic heterocycles. The van der Waals surface area contributed by atoms with E-state index < -0.39 is 0 Å². The van der Waals surface area contributed by atoms with Gasteiger partial charge in [0.05, 0.1) is 11.6 Å². The van der Waals surface area contributed by atoms with Gasteiger partial charge in [-0.3, -0.25) is 0 Å². The Kier molecular flexibility index (Phi) is 4.28. The summed E-state index contributed by atoms with van der Waals surface area (Å²) >= 11 is 0. The van der Waals surface area contributed by atoms with E-state index in [1.165, 1.54) is 5.56 Å². The van der Waals surface area contributed by atoms with Crippen LogP contribution in [0.15, 0.2) is 35.3 Å². The predicted molar refractivity (Wildman–Crippen MR) is 80.6 cm³/mol. The van der Waals surface area contributed by atoms with E-state index in [1.54, 1.807) is 0 Å². The summed E-state index contributed by atoms with van der Waals surface area (Å²) in [4.78, 5) is 4.83. The summed E-state index contributed by atoms with van der Waals surface area (Å²) in [5.74, 6) is 1.35. The van der Waals surface area contributed by atoms with Crippen LogP contribution < -0.4 is 0 Å². The summed E-state index contributed by atoms with van der Waals surface area (Å²) in [5, 5.41) is 0. The molecule has 1 aromatic carbocycles. The maximum absolute atomic E-state index is 6.00. The third kappa shape index (κ3) is 3.82. The highest BCUT2D eigenvalue weighted by Gasteiger charge is 2.31. The highest BCUT2D eigenvalue weighted by atomic mass is 16.5. The lowest BCUT2D eigenvalue weighted by Crippen LogP contribution is -2.37. The zero-order valence-corrected chi connectivity index (χ0v) is 12.5. The average Bonchev–Trinajstić information content (AvgIpc) is 2.34. The van der Waals surface area contributed by atoms with E-state index >= 15 is 0 Å². The Bertz CT molecular complexity index is 436. The van der Waals surface area contributed by atoms with Crippen molar-refractivity contribution in [3.05, 3.63) is 35.9 Å². The van der Waals surface area contributed by atoms with Crippen molar-refractivity contribution in [3.8, 4) is 0 Å². The van der Waals surface area contributed by atoms with Crippen LogP contribution in [0.3, 0.4) is 0 Å². The van der Waals surface area contributed by atoms with E-state index in [4.69, 9.17) is 9.73 Å². The van der Waals surface area contributed by atoms with Crippen LogP contribution in [-0.2, 0) is 11.2 Å². The molecule has 2 heteroatoms. The number of hydrogen-bond acceptors (Lipinski definition) is 2. The molecule has 2 nitrogen and oxygen atoms in total. The van der Waals surface area contributed by atoms with Crippen LogP contribution in [0.1, 0.15) is 46.1 Å². The summed E-state index contributed by atoms with van der Waals surface area (Å²) in [6.45, 7) is 8.75. The SMILES string of the molecule is CC[C@H](Cc1ccccc1)C1=NC(C)(C)C[C@H](C)O1. The molecule has 0 N–H and O–H groups in total. The second-order valence-corrected chi connectivity index (χ2v) is 6.19. The molecule has 0 saturated carbocycles. The van der Waals surface area contributed by atoms with E-state index in [1.807, 2.05) is 0 Å². The summed E-state index contributed by atoms with van der Waals surface area (Å²) in [7, 11) is 0. The van der Waals surface area contributed by atoms with Crippen LogP contribution in [0.25, 0.3) is 0 Å². The fraction of sp³-hybridized carbons (Fsp3) is 0.588. The number of nitrogens with zero attached hydrogens (tertiary/aromatic N) is 1. The molecule has 0 radical (unpaired) electrons. The highest BCUT2D eigenvalue weighted by molar-refractivity contribution is 5.80. The van der Waals surface area contributed by atoms with Gasteiger partial charge in [-0.2, -0.15) is 0 Å². The Balaban J connectivity index is 2.15. The molecule has 0 saturated heterocycles. The molecule has 0 spiro atoms. The molecular formula is C17H25NO. The van der Waals surface area contributed by atoms with Gasteiger partial charge >= 0.3 is 0 Å². The smallest absolute Gasteiger partial charge is 0.187 e. The monoisotopic (exact) mass is 259 g/mol. The summed E-state index contributed by atoms with van der Waals surface area (Å²) < 4.78 is 6.00. The normalized spacial score (nSPS) is 23.4. The van der Waals surface area contributed by atoms with Crippen LogP contribution in [0.2, 0.25) is 0 Å². The molecule has 0 amide bonds. The third-order valence-corrected chi connectivity index (χ3v) is 3.69. The molecule has 0 aliphatic carbocycles. The van der Waals surface area contributed by atoms with Crippen molar-refractivity contribution in [2.75, 3.05) is 0 Å². The van der Waals surface area contributed by atoms with Gasteiger partial charge in [0, 0.05) is 12.3 Å². The molecule has 0 fully saturated rings. The third-order valence-electron chi connectivity index (χ3n) is 3.69. The van der Waals surface area contributed by atoms with Crippen molar-refractivity contribution in [1.29, 1.82) is 0 Å². The Labute approximate surface area is 116 Å². The first-order valence-corrected chi connectivity index (χ1v) is 7.30. The van der Waals surface area contributed by atoms with Crippen molar-refractivity contribution in [1.82, 2.24) is 0 Å². The highest BCUT2D eigenvalue weighted by Crippen LogP contribution is 2.28. The number of benzene rings is 1. The lowest BCUT2D eigenvalue weighted by Gasteiger charge is -2.34. The van der Waals surface area contributed by atoms with Gasteiger partial charge in [-0.1, -0.05) is 37.3 Å². The van der Waals surface area contributed by atoms with Crippen molar-refractivity contribution < 1.29 is 4.74 Å². The van der Waals surface area contributed by atoms with Crippen LogP contribution in [0.4, 0.5) is 0 Å². The Morgan fingerprint density at radius 2 is 2.00 bits per heavy atom. The van der Waals surface area contributed by atoms with E-state index in [9.17, 15) is 0 Å². The van der Waals surface area contributed by atoms with E-state index in [2.05, 4.69) is 58.0 Å². The van der Waals surface area contributed by atoms with Crippen LogP contribution in [0.5, 0.6) is 0 Å². The number of hydrogen-bond donors (Lipinski definition) is 0. The molecule has 2 rings (SSSR count). The number of ether oxygens (including phenoxy) is 1. The second kappa shape index (κ2) is 5.77. The molecule has 1 aromatic rings. The predicted octanol–water partition coefficient (Wildman–Crippen LogP) is 4.24. The molecule has 0 unspecified atom stereocenters. The molecule has 2 atom stereocenters. The van der Waals surface area contributed by atoms with Crippen LogP contribution in [-0.4, -0.2) is 17.5 Å². The van der Waals surface area contributed by atoms with Crippen molar-refractivity contribution in [3.63, 3.8) is 0 Å². The van der Waals surface area contributed by atoms with Gasteiger partial charge in [0.1, 0.15) is 0 Å². The van der Waals surface area contributed by atoms with Crippen molar-refractivity contribution >= 4 is 5.90 Å². The number of aliphatic imine (C=N–C) groups is 1. The first-order chi connectivity index (χ1) is 9.00. The topological polar surface area (TPSA) is 21.6 Å². The molecular weight excluding hydrogens is 234 g/mol. The maximum Gasteiger partial charge on any atom is 0.187 e. The van der Waals surface area contributed by atoms with E-state index in [0.717, 1.165) is 25.2 Å². The van der Waals surface area contributed by atoms with Crippen molar-refractivity contribution in [2.24, 2.45) is 10.9 Å². The number of rotatable bonds is 4. The summed E-state index contributed by atoms with van der Waals surface area (Å²) in [5.41, 5.74) is 1.37. The zero-order chi connectivity index (χ0) is 13.9.